The van der Waals surface area contributed by atoms with E-state index in [9.17, 15) is 0 Å². The first-order valence-electron chi connectivity index (χ1n) is 3.53. The molecular weight excluding hydrogens is 236 g/mol. The van der Waals surface area contributed by atoms with Crippen molar-refractivity contribution in [1.82, 2.24) is 9.78 Å². The van der Waals surface area contributed by atoms with Gasteiger partial charge in [0.25, 0.3) is 0 Å². The molecule has 12 heavy (non-hydrogen) atoms. The van der Waals surface area contributed by atoms with Gasteiger partial charge in [-0.05, 0) is 40.5 Å². The third kappa shape index (κ3) is 1.44. The van der Waals surface area contributed by atoms with Crippen molar-refractivity contribution in [1.29, 1.82) is 0 Å². The van der Waals surface area contributed by atoms with Crippen molar-refractivity contribution in [3.63, 3.8) is 0 Å². The first-order chi connectivity index (χ1) is 5.75. The van der Waals surface area contributed by atoms with Crippen LogP contribution in [0.1, 0.15) is 5.56 Å². The Morgan fingerprint density at radius 3 is 2.83 bits per heavy atom. The topological polar surface area (TPSA) is 17.8 Å². The van der Waals surface area contributed by atoms with E-state index in [1.54, 1.807) is 11.3 Å². The molecule has 0 aliphatic rings. The third-order valence-electron chi connectivity index (χ3n) is 1.50. The number of halogens is 1. The molecule has 0 aromatic carbocycles. The molecule has 0 aliphatic carbocycles. The van der Waals surface area contributed by atoms with Gasteiger partial charge >= 0.3 is 0 Å². The van der Waals surface area contributed by atoms with Crippen LogP contribution in [-0.4, -0.2) is 9.78 Å². The summed E-state index contributed by atoms with van der Waals surface area (Å²) in [5.74, 6) is 0. The molecule has 2 aromatic heterocycles. The Balaban J connectivity index is 2.43. The molecule has 0 fully saturated rings. The van der Waals surface area contributed by atoms with Crippen LogP contribution in [0.4, 0.5) is 0 Å². The first kappa shape index (κ1) is 8.01. The van der Waals surface area contributed by atoms with Gasteiger partial charge < -0.3 is 0 Å². The molecule has 0 N–H and O–H groups in total. The molecule has 0 amide bonds. The zero-order chi connectivity index (χ0) is 8.55. The van der Waals surface area contributed by atoms with E-state index < -0.39 is 0 Å². The normalized spacial score (nSPS) is 10.5. The lowest BCUT2D eigenvalue weighted by Gasteiger charge is -1.92. The maximum Gasteiger partial charge on any atom is 0.118 e. The predicted molar refractivity (Wildman–Crippen MR) is 53.9 cm³/mol. The molecule has 0 unspecified atom stereocenters. The fraction of sp³-hybridized carbons (Fsp3) is 0.125. The van der Waals surface area contributed by atoms with Crippen LogP contribution in [0, 0.1) is 6.92 Å². The second-order valence-electron chi connectivity index (χ2n) is 2.54. The summed E-state index contributed by atoms with van der Waals surface area (Å²) in [7, 11) is 0. The van der Waals surface area contributed by atoms with Gasteiger partial charge in [0.05, 0.1) is 9.98 Å². The van der Waals surface area contributed by atoms with Gasteiger partial charge in [0.1, 0.15) is 5.00 Å². The van der Waals surface area contributed by atoms with Crippen LogP contribution in [-0.2, 0) is 0 Å². The highest BCUT2D eigenvalue weighted by Crippen LogP contribution is 2.24. The average Bonchev–Trinajstić information content (AvgIpc) is 2.58. The number of hydrogen-bond donors (Lipinski definition) is 0. The molecule has 0 spiro atoms. The summed E-state index contributed by atoms with van der Waals surface area (Å²) in [5, 5.41) is 5.34. The smallest absolute Gasteiger partial charge is 0.118 e. The molecule has 0 bridgehead atoms. The fourth-order valence-electron chi connectivity index (χ4n) is 0.961. The lowest BCUT2D eigenvalue weighted by Crippen LogP contribution is -1.88. The van der Waals surface area contributed by atoms with E-state index in [1.807, 2.05) is 36.1 Å². The molecule has 0 saturated carbocycles. The van der Waals surface area contributed by atoms with Crippen molar-refractivity contribution in [3.05, 3.63) is 33.9 Å². The number of aromatic nitrogens is 2. The van der Waals surface area contributed by atoms with Crippen LogP contribution >= 0.6 is 27.3 Å². The van der Waals surface area contributed by atoms with Crippen LogP contribution in [0.3, 0.4) is 0 Å². The molecule has 62 valence electrons. The standard InChI is InChI=1S/C8H7BrN2S/c1-6-4-10-11(5-6)8-3-2-7(9)12-8/h2-5H,1H3. The molecule has 2 rings (SSSR count). The summed E-state index contributed by atoms with van der Waals surface area (Å²) < 4.78 is 3.01. The Morgan fingerprint density at radius 2 is 2.33 bits per heavy atom. The molecule has 0 saturated heterocycles. The van der Waals surface area contributed by atoms with Crippen molar-refractivity contribution in [2.45, 2.75) is 6.92 Å². The van der Waals surface area contributed by atoms with Gasteiger partial charge in [0, 0.05) is 6.20 Å². The van der Waals surface area contributed by atoms with Gasteiger partial charge in [-0.3, -0.25) is 0 Å². The summed E-state index contributed by atoms with van der Waals surface area (Å²) >= 11 is 5.08. The lowest BCUT2D eigenvalue weighted by molar-refractivity contribution is 0.897. The van der Waals surface area contributed by atoms with Crippen molar-refractivity contribution < 1.29 is 0 Å². The van der Waals surface area contributed by atoms with E-state index >= 15 is 0 Å². The predicted octanol–water partition coefficient (Wildman–Crippen LogP) is 3.00. The highest BCUT2D eigenvalue weighted by Gasteiger charge is 2.00. The summed E-state index contributed by atoms with van der Waals surface area (Å²) in [6, 6.07) is 4.07. The number of rotatable bonds is 1. The Kier molecular flexibility index (Phi) is 2.02. The summed E-state index contributed by atoms with van der Waals surface area (Å²) in [6.45, 7) is 2.03. The Labute approximate surface area is 83.0 Å². The Hall–Kier alpha value is -0.610. The fourth-order valence-corrected chi connectivity index (χ4v) is 2.26. The number of aryl methyl sites for hydroxylation is 1. The van der Waals surface area contributed by atoms with Crippen molar-refractivity contribution in [3.8, 4) is 5.00 Å². The Morgan fingerprint density at radius 1 is 1.50 bits per heavy atom. The minimum atomic E-state index is 1.13. The van der Waals surface area contributed by atoms with E-state index in [2.05, 4.69) is 21.0 Å². The lowest BCUT2D eigenvalue weighted by atomic mass is 10.4. The van der Waals surface area contributed by atoms with Crippen LogP contribution in [0.15, 0.2) is 28.3 Å². The molecule has 4 heteroatoms. The molecule has 2 heterocycles. The zero-order valence-electron chi connectivity index (χ0n) is 6.49. The number of nitrogens with zero attached hydrogens (tertiary/aromatic N) is 2. The van der Waals surface area contributed by atoms with E-state index in [4.69, 9.17) is 0 Å². The quantitative estimate of drug-likeness (QED) is 0.752. The van der Waals surface area contributed by atoms with Crippen molar-refractivity contribution in [2.24, 2.45) is 0 Å². The van der Waals surface area contributed by atoms with Crippen LogP contribution in [0.25, 0.3) is 5.00 Å². The van der Waals surface area contributed by atoms with E-state index in [-0.39, 0.29) is 0 Å². The SMILES string of the molecule is Cc1cnn(-c2ccc(Br)s2)c1. The van der Waals surface area contributed by atoms with Crippen molar-refractivity contribution in [2.75, 3.05) is 0 Å². The molecule has 2 nitrogen and oxygen atoms in total. The van der Waals surface area contributed by atoms with Crippen LogP contribution in [0.2, 0.25) is 0 Å². The monoisotopic (exact) mass is 242 g/mol. The van der Waals surface area contributed by atoms with E-state index in [1.165, 1.54) is 5.56 Å². The van der Waals surface area contributed by atoms with Crippen LogP contribution < -0.4 is 0 Å². The second kappa shape index (κ2) is 3.03. The summed E-state index contributed by atoms with van der Waals surface area (Å²) in [5.41, 5.74) is 1.18. The highest BCUT2D eigenvalue weighted by atomic mass is 79.9. The zero-order valence-corrected chi connectivity index (χ0v) is 8.89. The average molecular weight is 243 g/mol. The minimum Gasteiger partial charge on any atom is -0.231 e. The van der Waals surface area contributed by atoms with Crippen molar-refractivity contribution >= 4 is 27.3 Å². The van der Waals surface area contributed by atoms with Gasteiger partial charge in [0.15, 0.2) is 0 Å². The largest absolute Gasteiger partial charge is 0.231 e. The van der Waals surface area contributed by atoms with Gasteiger partial charge in [0.2, 0.25) is 0 Å². The molecule has 2 aromatic rings. The van der Waals surface area contributed by atoms with Gasteiger partial charge in [-0.1, -0.05) is 0 Å². The number of hydrogen-bond acceptors (Lipinski definition) is 2. The molecule has 0 radical (unpaired) electrons. The van der Waals surface area contributed by atoms with Gasteiger partial charge in [-0.15, -0.1) is 11.3 Å². The third-order valence-corrected chi connectivity index (χ3v) is 3.11. The van der Waals surface area contributed by atoms with E-state index in [0.29, 0.717) is 0 Å². The van der Waals surface area contributed by atoms with E-state index in [0.717, 1.165) is 8.79 Å². The highest BCUT2D eigenvalue weighted by molar-refractivity contribution is 9.11. The summed E-state index contributed by atoms with van der Waals surface area (Å²) in [6.07, 6.45) is 3.87. The molecular formula is C8H7BrN2S. The van der Waals surface area contributed by atoms with Crippen LogP contribution in [0.5, 0.6) is 0 Å². The Bertz CT molecular complexity index is 353. The number of thiophene rings is 1. The summed E-state index contributed by atoms with van der Waals surface area (Å²) in [4.78, 5) is 0. The second-order valence-corrected chi connectivity index (χ2v) is 4.98. The van der Waals surface area contributed by atoms with Gasteiger partial charge in [-0.2, -0.15) is 5.10 Å². The molecule has 0 aliphatic heterocycles. The first-order valence-corrected chi connectivity index (χ1v) is 5.13. The molecule has 0 atom stereocenters. The minimum absolute atomic E-state index is 1.13. The maximum absolute atomic E-state index is 4.21. The van der Waals surface area contributed by atoms with Gasteiger partial charge in [-0.25, -0.2) is 4.68 Å². The maximum atomic E-state index is 4.21.